The second kappa shape index (κ2) is 7.90. The molecule has 2 N–H and O–H groups in total. The van der Waals surface area contributed by atoms with Gasteiger partial charge in [-0.2, -0.15) is 0 Å². The van der Waals surface area contributed by atoms with Gasteiger partial charge in [0.1, 0.15) is 17.1 Å². The summed E-state index contributed by atoms with van der Waals surface area (Å²) < 4.78 is 23.7. The molecule has 27 heavy (non-hydrogen) atoms. The van der Waals surface area contributed by atoms with Crippen LogP contribution < -0.4 is 15.6 Å². The molecule has 0 aliphatic rings. The van der Waals surface area contributed by atoms with Gasteiger partial charge in [-0.3, -0.25) is 20.4 Å². The zero-order valence-corrected chi connectivity index (χ0v) is 14.9. The van der Waals surface area contributed by atoms with E-state index in [2.05, 4.69) is 10.9 Å². The van der Waals surface area contributed by atoms with Gasteiger partial charge in [0, 0.05) is 10.9 Å². The summed E-state index contributed by atoms with van der Waals surface area (Å²) >= 11 is 0. The molecular weight excluding hydrogens is 351 g/mol. The van der Waals surface area contributed by atoms with Gasteiger partial charge in [-0.05, 0) is 49.7 Å². The van der Waals surface area contributed by atoms with Crippen molar-refractivity contribution in [1.82, 2.24) is 10.9 Å². The van der Waals surface area contributed by atoms with Crippen molar-refractivity contribution in [2.24, 2.45) is 0 Å². The molecule has 0 spiro atoms. The van der Waals surface area contributed by atoms with E-state index >= 15 is 0 Å². The van der Waals surface area contributed by atoms with Crippen molar-refractivity contribution in [3.63, 3.8) is 0 Å². The van der Waals surface area contributed by atoms with Gasteiger partial charge in [-0.15, -0.1) is 0 Å². The van der Waals surface area contributed by atoms with Crippen molar-refractivity contribution in [2.45, 2.75) is 26.4 Å². The Balaban J connectivity index is 1.51. The van der Waals surface area contributed by atoms with E-state index in [-0.39, 0.29) is 12.3 Å². The van der Waals surface area contributed by atoms with Gasteiger partial charge in [0.05, 0.1) is 12.7 Å². The number of rotatable bonds is 5. The van der Waals surface area contributed by atoms with Crippen LogP contribution in [0.2, 0.25) is 0 Å². The van der Waals surface area contributed by atoms with Crippen LogP contribution in [0.1, 0.15) is 18.1 Å². The Morgan fingerprint density at radius 1 is 1.15 bits per heavy atom. The molecule has 2 aromatic carbocycles. The molecule has 1 atom stereocenters. The Morgan fingerprint density at radius 2 is 1.89 bits per heavy atom. The molecule has 3 aromatic rings. The van der Waals surface area contributed by atoms with Gasteiger partial charge >= 0.3 is 0 Å². The van der Waals surface area contributed by atoms with Crippen molar-refractivity contribution in [3.05, 3.63) is 65.7 Å². The van der Waals surface area contributed by atoms with Crippen molar-refractivity contribution < 1.29 is 23.1 Å². The molecular formula is C20H19FN2O4. The first kappa shape index (κ1) is 18.4. The molecule has 2 amide bonds. The number of ether oxygens (including phenoxy) is 1. The fraction of sp³-hybridized carbons (Fsp3) is 0.200. The molecule has 0 saturated heterocycles. The number of amides is 2. The average molecular weight is 370 g/mol. The first-order valence-electron chi connectivity index (χ1n) is 8.40. The number of nitrogens with one attached hydrogen (secondary N) is 2. The van der Waals surface area contributed by atoms with Gasteiger partial charge in [-0.1, -0.05) is 12.1 Å². The number of hydrogen-bond donors (Lipinski definition) is 2. The third-order valence-corrected chi connectivity index (χ3v) is 3.98. The van der Waals surface area contributed by atoms with E-state index in [1.54, 1.807) is 0 Å². The first-order valence-corrected chi connectivity index (χ1v) is 8.40. The molecule has 1 aromatic heterocycles. The number of hydrazine groups is 1. The molecule has 0 radical (unpaired) electrons. The Labute approximate surface area is 155 Å². The lowest BCUT2D eigenvalue weighted by molar-refractivity contribution is -0.132. The Kier molecular flexibility index (Phi) is 5.40. The Morgan fingerprint density at radius 3 is 2.63 bits per heavy atom. The maximum Gasteiger partial charge on any atom is 0.279 e. The van der Waals surface area contributed by atoms with Gasteiger partial charge in [-0.25, -0.2) is 4.39 Å². The van der Waals surface area contributed by atoms with Crippen LogP contribution >= 0.6 is 0 Å². The highest BCUT2D eigenvalue weighted by Crippen LogP contribution is 2.22. The predicted molar refractivity (Wildman–Crippen MR) is 97.4 cm³/mol. The van der Waals surface area contributed by atoms with Gasteiger partial charge in [0.15, 0.2) is 6.10 Å². The zero-order valence-electron chi connectivity index (χ0n) is 14.9. The number of hydrogen-bond acceptors (Lipinski definition) is 4. The molecule has 1 unspecified atom stereocenters. The second-order valence-electron chi connectivity index (χ2n) is 6.19. The quantitative estimate of drug-likeness (QED) is 0.677. The summed E-state index contributed by atoms with van der Waals surface area (Å²) in [5, 5.41) is 0.857. The highest BCUT2D eigenvalue weighted by atomic mass is 19.1. The van der Waals surface area contributed by atoms with Crippen molar-refractivity contribution in [2.75, 3.05) is 0 Å². The number of aryl methyl sites for hydroxylation is 1. The van der Waals surface area contributed by atoms with E-state index in [1.807, 2.05) is 25.1 Å². The number of carbonyl (C=O) groups excluding carboxylic acids is 2. The van der Waals surface area contributed by atoms with Crippen LogP contribution in [0.15, 0.2) is 53.1 Å². The molecule has 0 aliphatic carbocycles. The predicted octanol–water partition coefficient (Wildman–Crippen LogP) is 3.04. The molecule has 7 heteroatoms. The standard InChI is InChI=1S/C20H19FN2O4/c1-12-3-8-17-14(11-26-18(17)9-12)10-19(24)22-23-20(25)13(2)27-16-6-4-15(21)5-7-16/h3-9,11,13H,10H2,1-2H3,(H,22,24)(H,23,25). The fourth-order valence-electron chi connectivity index (χ4n) is 2.55. The number of halogens is 1. The summed E-state index contributed by atoms with van der Waals surface area (Å²) in [6.07, 6.45) is 0.725. The number of carbonyl (C=O) groups is 2. The monoisotopic (exact) mass is 370 g/mol. The minimum absolute atomic E-state index is 0.0591. The average Bonchev–Trinajstić information content (AvgIpc) is 3.03. The van der Waals surface area contributed by atoms with Crippen molar-refractivity contribution in [3.8, 4) is 5.75 Å². The largest absolute Gasteiger partial charge is 0.481 e. The molecule has 0 bridgehead atoms. The van der Waals surface area contributed by atoms with E-state index in [0.29, 0.717) is 11.3 Å². The fourth-order valence-corrected chi connectivity index (χ4v) is 2.55. The third kappa shape index (κ3) is 4.63. The summed E-state index contributed by atoms with van der Waals surface area (Å²) in [5.74, 6) is -0.958. The number of fused-ring (bicyclic) bond motifs is 1. The zero-order chi connectivity index (χ0) is 19.4. The Hall–Kier alpha value is -3.35. The molecule has 1 heterocycles. The molecule has 6 nitrogen and oxygen atoms in total. The Bertz CT molecular complexity index is 966. The summed E-state index contributed by atoms with van der Waals surface area (Å²) in [7, 11) is 0. The van der Waals surface area contributed by atoms with Crippen molar-refractivity contribution in [1.29, 1.82) is 0 Å². The van der Waals surface area contributed by atoms with Crippen LogP contribution in [0.5, 0.6) is 5.75 Å². The molecule has 0 aliphatic heterocycles. The lowest BCUT2D eigenvalue weighted by Gasteiger charge is -2.15. The molecule has 0 fully saturated rings. The van der Waals surface area contributed by atoms with Crippen LogP contribution in [0, 0.1) is 12.7 Å². The van der Waals surface area contributed by atoms with Crippen molar-refractivity contribution >= 4 is 22.8 Å². The lowest BCUT2D eigenvalue weighted by Crippen LogP contribution is -2.47. The van der Waals surface area contributed by atoms with Gasteiger partial charge in [0.2, 0.25) is 5.91 Å². The SMILES string of the molecule is Cc1ccc2c(CC(=O)NNC(=O)C(C)Oc3ccc(F)cc3)coc2c1. The molecule has 3 rings (SSSR count). The lowest BCUT2D eigenvalue weighted by atomic mass is 10.1. The van der Waals surface area contributed by atoms with E-state index in [4.69, 9.17) is 9.15 Å². The topological polar surface area (TPSA) is 80.6 Å². The van der Waals surface area contributed by atoms with E-state index in [9.17, 15) is 14.0 Å². The number of benzene rings is 2. The highest BCUT2D eigenvalue weighted by molar-refractivity contribution is 5.89. The van der Waals surface area contributed by atoms with E-state index in [0.717, 1.165) is 16.5 Å². The van der Waals surface area contributed by atoms with Crippen LogP contribution in [0.4, 0.5) is 4.39 Å². The van der Waals surface area contributed by atoms with E-state index in [1.165, 1.54) is 37.5 Å². The van der Waals surface area contributed by atoms with Crippen LogP contribution in [0.3, 0.4) is 0 Å². The van der Waals surface area contributed by atoms with Gasteiger partial charge in [0.25, 0.3) is 5.91 Å². The van der Waals surface area contributed by atoms with Crippen LogP contribution in [-0.4, -0.2) is 17.9 Å². The summed E-state index contributed by atoms with van der Waals surface area (Å²) in [4.78, 5) is 24.1. The summed E-state index contributed by atoms with van der Waals surface area (Å²) in [6.45, 7) is 3.48. The normalized spacial score (nSPS) is 11.8. The third-order valence-electron chi connectivity index (χ3n) is 3.98. The first-order chi connectivity index (χ1) is 12.9. The van der Waals surface area contributed by atoms with Crippen LogP contribution in [0.25, 0.3) is 11.0 Å². The van der Waals surface area contributed by atoms with E-state index < -0.39 is 17.8 Å². The maximum atomic E-state index is 12.9. The second-order valence-corrected chi connectivity index (χ2v) is 6.19. The maximum absolute atomic E-state index is 12.9. The molecule has 0 saturated carbocycles. The summed E-state index contributed by atoms with van der Waals surface area (Å²) in [6, 6.07) is 11.0. The smallest absolute Gasteiger partial charge is 0.279 e. The number of furan rings is 1. The minimum atomic E-state index is -0.867. The van der Waals surface area contributed by atoms with Crippen LogP contribution in [-0.2, 0) is 16.0 Å². The highest BCUT2D eigenvalue weighted by Gasteiger charge is 2.16. The minimum Gasteiger partial charge on any atom is -0.481 e. The molecule has 140 valence electrons. The summed E-state index contributed by atoms with van der Waals surface area (Å²) in [5.41, 5.74) is 7.17. The van der Waals surface area contributed by atoms with Gasteiger partial charge < -0.3 is 9.15 Å².